The second-order valence-corrected chi connectivity index (χ2v) is 6.69. The summed E-state index contributed by atoms with van der Waals surface area (Å²) in [6.07, 6.45) is 1.81. The molecule has 10 nitrogen and oxygen atoms in total. The van der Waals surface area contributed by atoms with Gasteiger partial charge in [0.15, 0.2) is 0 Å². The van der Waals surface area contributed by atoms with Gasteiger partial charge in [-0.1, -0.05) is 0 Å². The number of carbonyl (C=O) groups excluding carboxylic acids is 1. The predicted octanol–water partition coefficient (Wildman–Crippen LogP) is 1.78. The van der Waals surface area contributed by atoms with Crippen LogP contribution in [0.25, 0.3) is 5.69 Å². The molecule has 29 heavy (non-hydrogen) atoms. The summed E-state index contributed by atoms with van der Waals surface area (Å²) < 4.78 is 11.5. The van der Waals surface area contributed by atoms with Gasteiger partial charge in [-0.3, -0.25) is 29.8 Å². The molecule has 1 aliphatic heterocycles. The minimum Gasteiger partial charge on any atom is -0.469 e. The molecule has 1 aromatic heterocycles. The van der Waals surface area contributed by atoms with Gasteiger partial charge in [0.1, 0.15) is 0 Å². The van der Waals surface area contributed by atoms with Gasteiger partial charge in [-0.05, 0) is 31.9 Å². The first kappa shape index (κ1) is 20.5. The molecule has 3 rings (SSSR count). The summed E-state index contributed by atoms with van der Waals surface area (Å²) in [5.41, 5.74) is 1.07. The van der Waals surface area contributed by atoms with Crippen molar-refractivity contribution in [2.75, 3.05) is 20.3 Å². The fraction of sp³-hybridized carbons (Fsp3) is 0.421. The quantitative estimate of drug-likeness (QED) is 0.325. The SMILES string of the molecule is COC(=O)Cc1[nH]n(-c2ccc([N+](=O)[O-])cc2)c(=O)c1C(C)=NC[C@@H]1CCCO1. The number of nitrogens with one attached hydrogen (secondary N) is 1. The van der Waals surface area contributed by atoms with Crippen LogP contribution in [-0.4, -0.2) is 52.8 Å². The molecule has 0 aliphatic carbocycles. The Morgan fingerprint density at radius 1 is 1.41 bits per heavy atom. The number of ether oxygens (including phenoxy) is 2. The van der Waals surface area contributed by atoms with E-state index in [4.69, 9.17) is 9.47 Å². The van der Waals surface area contributed by atoms with Crippen LogP contribution in [0.4, 0.5) is 5.69 Å². The average molecular weight is 402 g/mol. The number of esters is 1. The maximum atomic E-state index is 13.1. The van der Waals surface area contributed by atoms with E-state index in [1.54, 1.807) is 6.92 Å². The molecule has 0 saturated carbocycles. The van der Waals surface area contributed by atoms with Crippen LogP contribution in [0.5, 0.6) is 0 Å². The van der Waals surface area contributed by atoms with Gasteiger partial charge in [0.2, 0.25) is 0 Å². The van der Waals surface area contributed by atoms with Crippen molar-refractivity contribution in [1.29, 1.82) is 0 Å². The van der Waals surface area contributed by atoms with Crippen LogP contribution in [0.15, 0.2) is 34.1 Å². The number of methoxy groups -OCH3 is 1. The number of aromatic nitrogens is 2. The van der Waals surface area contributed by atoms with E-state index in [9.17, 15) is 19.7 Å². The number of H-pyrrole nitrogens is 1. The smallest absolute Gasteiger partial charge is 0.311 e. The summed E-state index contributed by atoms with van der Waals surface area (Å²) >= 11 is 0. The largest absolute Gasteiger partial charge is 0.469 e. The molecule has 2 heterocycles. The Kier molecular flexibility index (Phi) is 6.23. The molecule has 154 valence electrons. The van der Waals surface area contributed by atoms with Gasteiger partial charge < -0.3 is 9.47 Å². The van der Waals surface area contributed by atoms with E-state index in [0.29, 0.717) is 30.2 Å². The Bertz CT molecular complexity index is 983. The van der Waals surface area contributed by atoms with Crippen molar-refractivity contribution < 1.29 is 19.2 Å². The third-order valence-corrected chi connectivity index (χ3v) is 4.75. The molecule has 1 N–H and O–H groups in total. The summed E-state index contributed by atoms with van der Waals surface area (Å²) in [6, 6.07) is 5.53. The maximum absolute atomic E-state index is 13.1. The van der Waals surface area contributed by atoms with E-state index in [2.05, 4.69) is 10.1 Å². The molecule has 0 spiro atoms. The highest BCUT2D eigenvalue weighted by molar-refractivity contribution is 6.00. The Morgan fingerprint density at radius 3 is 2.72 bits per heavy atom. The van der Waals surface area contributed by atoms with Crippen molar-refractivity contribution in [3.05, 3.63) is 56.0 Å². The summed E-state index contributed by atoms with van der Waals surface area (Å²) in [5.74, 6) is -0.504. The van der Waals surface area contributed by atoms with Crippen molar-refractivity contribution in [2.24, 2.45) is 4.99 Å². The van der Waals surface area contributed by atoms with Gasteiger partial charge in [0.25, 0.3) is 11.2 Å². The number of nitrogens with zero attached hydrogens (tertiary/aromatic N) is 3. The van der Waals surface area contributed by atoms with Gasteiger partial charge >= 0.3 is 5.97 Å². The molecule has 0 unspecified atom stereocenters. The molecule has 1 saturated heterocycles. The zero-order valence-corrected chi connectivity index (χ0v) is 16.2. The fourth-order valence-corrected chi connectivity index (χ4v) is 3.21. The van der Waals surface area contributed by atoms with Crippen molar-refractivity contribution in [1.82, 2.24) is 9.78 Å². The van der Waals surface area contributed by atoms with Gasteiger partial charge in [-0.2, -0.15) is 0 Å². The molecule has 2 aromatic rings. The highest BCUT2D eigenvalue weighted by atomic mass is 16.6. The molecular formula is C19H22N4O6. The van der Waals surface area contributed by atoms with Gasteiger partial charge in [-0.25, -0.2) is 4.68 Å². The van der Waals surface area contributed by atoms with Gasteiger partial charge in [0, 0.05) is 24.5 Å². The average Bonchev–Trinajstić information content (AvgIpc) is 3.34. The van der Waals surface area contributed by atoms with Gasteiger partial charge in [-0.15, -0.1) is 0 Å². The predicted molar refractivity (Wildman–Crippen MR) is 105 cm³/mol. The number of rotatable bonds is 7. The highest BCUT2D eigenvalue weighted by Crippen LogP contribution is 2.16. The molecule has 1 aliphatic rings. The Balaban J connectivity index is 1.98. The van der Waals surface area contributed by atoms with E-state index < -0.39 is 16.5 Å². The topological polar surface area (TPSA) is 129 Å². The Labute approximate surface area is 166 Å². The van der Waals surface area contributed by atoms with Crippen molar-refractivity contribution in [3.63, 3.8) is 0 Å². The number of carbonyl (C=O) groups is 1. The lowest BCUT2D eigenvalue weighted by atomic mass is 10.1. The third-order valence-electron chi connectivity index (χ3n) is 4.75. The normalized spacial score (nSPS) is 16.8. The lowest BCUT2D eigenvalue weighted by molar-refractivity contribution is -0.384. The van der Waals surface area contributed by atoms with Gasteiger partial charge in [0.05, 0.1) is 48.0 Å². The first-order valence-electron chi connectivity index (χ1n) is 9.19. The van der Waals surface area contributed by atoms with E-state index in [-0.39, 0.29) is 23.8 Å². The number of nitro groups is 1. The fourth-order valence-electron chi connectivity index (χ4n) is 3.21. The summed E-state index contributed by atoms with van der Waals surface area (Å²) in [5, 5.41) is 13.8. The number of nitro benzene ring substituents is 1. The zero-order chi connectivity index (χ0) is 21.0. The number of aliphatic imine (C=N–C) groups is 1. The van der Waals surface area contributed by atoms with Crippen LogP contribution in [0.2, 0.25) is 0 Å². The van der Waals surface area contributed by atoms with Crippen LogP contribution in [0.1, 0.15) is 31.0 Å². The standard InChI is InChI=1S/C19H22N4O6/c1-12(20-11-15-4-3-9-29-15)18-16(10-17(24)28-2)21-22(19(18)25)13-5-7-14(8-6-13)23(26)27/h5-8,15,21H,3-4,9-11H2,1-2H3/t15-/m0/s1. The van der Waals surface area contributed by atoms with E-state index >= 15 is 0 Å². The minimum atomic E-state index is -0.517. The van der Waals surface area contributed by atoms with Crippen LogP contribution in [-0.2, 0) is 20.7 Å². The maximum Gasteiger partial charge on any atom is 0.311 e. The van der Waals surface area contributed by atoms with Crippen LogP contribution < -0.4 is 5.56 Å². The third kappa shape index (κ3) is 4.60. The van der Waals surface area contributed by atoms with Crippen molar-refractivity contribution in [3.8, 4) is 5.69 Å². The number of aromatic amines is 1. The molecular weight excluding hydrogens is 380 g/mol. The molecule has 1 aromatic carbocycles. The molecule has 10 heteroatoms. The molecule has 0 radical (unpaired) electrons. The molecule has 1 atom stereocenters. The summed E-state index contributed by atoms with van der Waals surface area (Å²) in [7, 11) is 1.27. The number of benzene rings is 1. The molecule has 0 amide bonds. The van der Waals surface area contributed by atoms with E-state index in [1.807, 2.05) is 0 Å². The molecule has 1 fully saturated rings. The number of hydrogen-bond donors (Lipinski definition) is 1. The monoisotopic (exact) mass is 402 g/mol. The first-order chi connectivity index (χ1) is 13.9. The second kappa shape index (κ2) is 8.82. The van der Waals surface area contributed by atoms with Crippen molar-refractivity contribution in [2.45, 2.75) is 32.3 Å². The van der Waals surface area contributed by atoms with E-state index in [0.717, 1.165) is 12.8 Å². The Hall–Kier alpha value is -3.27. The molecule has 0 bridgehead atoms. The highest BCUT2D eigenvalue weighted by Gasteiger charge is 2.21. The van der Waals surface area contributed by atoms with Crippen LogP contribution in [0, 0.1) is 10.1 Å². The van der Waals surface area contributed by atoms with Crippen LogP contribution >= 0.6 is 0 Å². The number of non-ortho nitro benzene ring substituents is 1. The zero-order valence-electron chi connectivity index (χ0n) is 16.2. The lowest BCUT2D eigenvalue weighted by Crippen LogP contribution is -2.21. The second-order valence-electron chi connectivity index (χ2n) is 6.69. The van der Waals surface area contributed by atoms with Crippen LogP contribution in [0.3, 0.4) is 0 Å². The van der Waals surface area contributed by atoms with E-state index in [1.165, 1.54) is 36.1 Å². The minimum absolute atomic E-state index is 0.0323. The summed E-state index contributed by atoms with van der Waals surface area (Å²) in [4.78, 5) is 39.7. The lowest BCUT2D eigenvalue weighted by Gasteiger charge is -2.06. The Morgan fingerprint density at radius 2 is 2.14 bits per heavy atom. The number of hydrogen-bond acceptors (Lipinski definition) is 7. The first-order valence-corrected chi connectivity index (χ1v) is 9.19. The summed E-state index contributed by atoms with van der Waals surface area (Å²) in [6.45, 7) is 2.86. The van der Waals surface area contributed by atoms with Crippen molar-refractivity contribution >= 4 is 17.4 Å².